The van der Waals surface area contributed by atoms with Gasteiger partial charge in [-0.05, 0) is 37.5 Å². The Morgan fingerprint density at radius 3 is 2.71 bits per heavy atom. The molecule has 1 amide bonds. The molecule has 21 heavy (non-hydrogen) atoms. The molecule has 0 unspecified atom stereocenters. The van der Waals surface area contributed by atoms with Crippen LogP contribution in [0.4, 0.5) is 5.69 Å². The molecule has 0 spiro atoms. The summed E-state index contributed by atoms with van der Waals surface area (Å²) in [6, 6.07) is 3.43. The first-order valence-electron chi connectivity index (χ1n) is 6.64. The highest BCUT2D eigenvalue weighted by Gasteiger charge is 2.23. The zero-order chi connectivity index (χ0) is 15.6. The van der Waals surface area contributed by atoms with Gasteiger partial charge in [0, 0.05) is 29.2 Å². The van der Waals surface area contributed by atoms with E-state index in [1.807, 2.05) is 0 Å². The van der Waals surface area contributed by atoms with Gasteiger partial charge in [-0.15, -0.1) is 0 Å². The summed E-state index contributed by atoms with van der Waals surface area (Å²) in [4.78, 5) is 11.6. The lowest BCUT2D eigenvalue weighted by Gasteiger charge is -2.11. The number of sulfonamides is 1. The molecule has 1 fully saturated rings. The first-order valence-corrected chi connectivity index (χ1v) is 8.92. The second-order valence-electron chi connectivity index (χ2n) is 5.11. The second kappa shape index (κ2) is 6.33. The summed E-state index contributed by atoms with van der Waals surface area (Å²) in [7, 11) is -3.68. The Hall–Kier alpha value is -1.12. The molecule has 0 saturated heterocycles. The molecule has 2 rings (SSSR count). The average molecular weight is 376 g/mol. The van der Waals surface area contributed by atoms with Crippen LogP contribution in [-0.2, 0) is 14.8 Å². The van der Waals surface area contributed by atoms with E-state index in [2.05, 4.69) is 26.0 Å². The molecule has 0 radical (unpaired) electrons. The molecule has 8 heteroatoms. The number of hydrogen-bond acceptors (Lipinski definition) is 4. The molecule has 1 aliphatic carbocycles. The van der Waals surface area contributed by atoms with E-state index < -0.39 is 10.0 Å². The number of anilines is 1. The number of halogens is 1. The molecule has 0 bridgehead atoms. The molecule has 1 aromatic rings. The first-order chi connectivity index (χ1) is 9.79. The summed E-state index contributed by atoms with van der Waals surface area (Å²) in [5, 5.41) is 2.81. The predicted octanol–water partition coefficient (Wildman–Crippen LogP) is 1.29. The van der Waals surface area contributed by atoms with Crippen molar-refractivity contribution in [3.63, 3.8) is 0 Å². The third kappa shape index (κ3) is 4.42. The van der Waals surface area contributed by atoms with Crippen molar-refractivity contribution in [3.05, 3.63) is 22.2 Å². The molecule has 116 valence electrons. The van der Waals surface area contributed by atoms with Gasteiger partial charge in [0.25, 0.3) is 0 Å². The minimum absolute atomic E-state index is 0.0622. The number of nitrogens with two attached hydrogens (primary N) is 1. The van der Waals surface area contributed by atoms with E-state index >= 15 is 0 Å². The zero-order valence-corrected chi connectivity index (χ0v) is 14.1. The highest BCUT2D eigenvalue weighted by molar-refractivity contribution is 9.10. The summed E-state index contributed by atoms with van der Waals surface area (Å²) >= 11 is 3.23. The summed E-state index contributed by atoms with van der Waals surface area (Å²) in [5.41, 5.74) is 6.66. The Morgan fingerprint density at radius 1 is 1.43 bits per heavy atom. The van der Waals surface area contributed by atoms with Crippen LogP contribution in [0.1, 0.15) is 24.8 Å². The Bertz CT molecular complexity index is 657. The number of amides is 1. The van der Waals surface area contributed by atoms with Crippen LogP contribution in [0.5, 0.6) is 0 Å². The topological polar surface area (TPSA) is 101 Å². The van der Waals surface area contributed by atoms with Gasteiger partial charge in [-0.3, -0.25) is 4.79 Å². The van der Waals surface area contributed by atoms with Crippen LogP contribution in [0.2, 0.25) is 0 Å². The fourth-order valence-electron chi connectivity index (χ4n) is 1.86. The van der Waals surface area contributed by atoms with Gasteiger partial charge >= 0.3 is 0 Å². The molecule has 0 aliphatic heterocycles. The highest BCUT2D eigenvalue weighted by Crippen LogP contribution is 2.26. The largest absolute Gasteiger partial charge is 0.398 e. The molecule has 4 N–H and O–H groups in total. The lowest BCUT2D eigenvalue weighted by molar-refractivity contribution is -0.121. The van der Waals surface area contributed by atoms with Crippen molar-refractivity contribution in [2.24, 2.45) is 0 Å². The van der Waals surface area contributed by atoms with E-state index in [0.717, 1.165) is 12.8 Å². The smallest absolute Gasteiger partial charge is 0.240 e. The van der Waals surface area contributed by atoms with Gasteiger partial charge < -0.3 is 11.1 Å². The third-order valence-corrected chi connectivity index (χ3v) is 5.29. The van der Waals surface area contributed by atoms with Crippen molar-refractivity contribution in [2.45, 2.75) is 37.1 Å². The van der Waals surface area contributed by atoms with Crippen LogP contribution < -0.4 is 15.8 Å². The number of carbonyl (C=O) groups excluding carboxylic acids is 1. The zero-order valence-electron chi connectivity index (χ0n) is 11.6. The molecular weight excluding hydrogens is 358 g/mol. The van der Waals surface area contributed by atoms with Crippen LogP contribution in [0.15, 0.2) is 21.5 Å². The van der Waals surface area contributed by atoms with Crippen molar-refractivity contribution >= 4 is 37.5 Å². The number of benzene rings is 1. The first kappa shape index (κ1) is 16.3. The predicted molar refractivity (Wildman–Crippen MR) is 84.3 cm³/mol. The Morgan fingerprint density at radius 2 is 2.10 bits per heavy atom. The van der Waals surface area contributed by atoms with Gasteiger partial charge in [0.15, 0.2) is 0 Å². The molecule has 0 atom stereocenters. The van der Waals surface area contributed by atoms with Gasteiger partial charge in [-0.25, -0.2) is 13.1 Å². The van der Waals surface area contributed by atoms with Crippen LogP contribution in [-0.4, -0.2) is 26.9 Å². The van der Waals surface area contributed by atoms with Crippen molar-refractivity contribution in [1.29, 1.82) is 0 Å². The van der Waals surface area contributed by atoms with Gasteiger partial charge in [-0.2, -0.15) is 0 Å². The highest BCUT2D eigenvalue weighted by atomic mass is 79.9. The van der Waals surface area contributed by atoms with Gasteiger partial charge in [0.1, 0.15) is 0 Å². The maximum Gasteiger partial charge on any atom is 0.240 e. The number of rotatable bonds is 6. The van der Waals surface area contributed by atoms with E-state index in [-0.39, 0.29) is 29.8 Å². The van der Waals surface area contributed by atoms with E-state index in [9.17, 15) is 13.2 Å². The van der Waals surface area contributed by atoms with Crippen LogP contribution in [0, 0.1) is 6.92 Å². The second-order valence-corrected chi connectivity index (χ2v) is 7.76. The third-order valence-electron chi connectivity index (χ3n) is 3.24. The van der Waals surface area contributed by atoms with Crippen molar-refractivity contribution in [1.82, 2.24) is 10.0 Å². The lowest BCUT2D eigenvalue weighted by atomic mass is 10.2. The SMILES string of the molecule is Cc1c(N)cc(Br)cc1S(=O)(=O)NCCC(=O)NC1CC1. The van der Waals surface area contributed by atoms with E-state index in [1.165, 1.54) is 6.07 Å². The monoisotopic (exact) mass is 375 g/mol. The van der Waals surface area contributed by atoms with Crippen LogP contribution in [0.3, 0.4) is 0 Å². The maximum absolute atomic E-state index is 12.3. The summed E-state index contributed by atoms with van der Waals surface area (Å²) in [6.45, 7) is 1.71. The van der Waals surface area contributed by atoms with E-state index in [0.29, 0.717) is 15.7 Å². The van der Waals surface area contributed by atoms with E-state index in [1.54, 1.807) is 13.0 Å². The standard InChI is InChI=1S/C13H18BrN3O3S/c1-8-11(15)6-9(14)7-12(8)21(19,20)16-5-4-13(18)17-10-2-3-10/h6-7,10,16H,2-5,15H2,1H3,(H,17,18). The normalized spacial score (nSPS) is 15.0. The Kier molecular flexibility index (Phi) is 4.90. The molecule has 0 aromatic heterocycles. The fraction of sp³-hybridized carbons (Fsp3) is 0.462. The molecular formula is C13H18BrN3O3S. The quantitative estimate of drug-likeness (QED) is 0.651. The fourth-order valence-corrected chi connectivity index (χ4v) is 3.81. The number of carbonyl (C=O) groups is 1. The Balaban J connectivity index is 1.99. The Labute approximate surface area is 132 Å². The molecule has 0 heterocycles. The molecule has 1 aromatic carbocycles. The minimum atomic E-state index is -3.68. The number of nitrogen functional groups attached to an aromatic ring is 1. The van der Waals surface area contributed by atoms with Crippen molar-refractivity contribution in [2.75, 3.05) is 12.3 Å². The van der Waals surface area contributed by atoms with Crippen LogP contribution in [0.25, 0.3) is 0 Å². The van der Waals surface area contributed by atoms with Crippen molar-refractivity contribution in [3.8, 4) is 0 Å². The number of nitrogens with one attached hydrogen (secondary N) is 2. The van der Waals surface area contributed by atoms with Gasteiger partial charge in [0.2, 0.25) is 15.9 Å². The van der Waals surface area contributed by atoms with E-state index in [4.69, 9.17) is 5.73 Å². The molecule has 6 nitrogen and oxygen atoms in total. The summed E-state index contributed by atoms with van der Waals surface area (Å²) in [5.74, 6) is -0.134. The summed E-state index contributed by atoms with van der Waals surface area (Å²) in [6.07, 6.45) is 2.14. The average Bonchev–Trinajstić information content (AvgIpc) is 3.17. The minimum Gasteiger partial charge on any atom is -0.398 e. The van der Waals surface area contributed by atoms with Gasteiger partial charge in [0.05, 0.1) is 4.90 Å². The number of hydrogen-bond donors (Lipinski definition) is 3. The molecule has 1 aliphatic rings. The van der Waals surface area contributed by atoms with Gasteiger partial charge in [-0.1, -0.05) is 15.9 Å². The summed E-state index contributed by atoms with van der Waals surface area (Å²) < 4.78 is 27.5. The molecule has 1 saturated carbocycles. The van der Waals surface area contributed by atoms with Crippen LogP contribution >= 0.6 is 15.9 Å². The lowest BCUT2D eigenvalue weighted by Crippen LogP contribution is -2.32. The maximum atomic E-state index is 12.3. The van der Waals surface area contributed by atoms with Crippen molar-refractivity contribution < 1.29 is 13.2 Å².